The smallest absolute Gasteiger partial charge is 0.272 e. The first-order valence-corrected chi connectivity index (χ1v) is 7.60. The number of aryl methyl sites for hydroxylation is 2. The highest BCUT2D eigenvalue weighted by Crippen LogP contribution is 2.36. The van der Waals surface area contributed by atoms with Crippen LogP contribution >= 0.6 is 0 Å². The lowest BCUT2D eigenvalue weighted by Gasteiger charge is -2.45. The zero-order valence-corrected chi connectivity index (χ0v) is 12.5. The minimum absolute atomic E-state index is 0.137. The summed E-state index contributed by atoms with van der Waals surface area (Å²) in [5.74, 6) is 0.137. The Morgan fingerprint density at radius 3 is 2.85 bits per heavy atom. The summed E-state index contributed by atoms with van der Waals surface area (Å²) in [6, 6.07) is 1.89. The van der Waals surface area contributed by atoms with Crippen molar-refractivity contribution in [3.05, 3.63) is 17.5 Å². The average Bonchev–Trinajstić information content (AvgIpc) is 2.78. The molecule has 1 atom stereocenters. The molecule has 1 aromatic rings. The molecule has 2 saturated heterocycles. The lowest BCUT2D eigenvalue weighted by molar-refractivity contribution is 0.0425. The van der Waals surface area contributed by atoms with Gasteiger partial charge in [0.25, 0.3) is 5.91 Å². The first kappa shape index (κ1) is 13.6. The van der Waals surface area contributed by atoms with Crippen LogP contribution in [0.1, 0.15) is 41.9 Å². The van der Waals surface area contributed by atoms with Crippen LogP contribution in [-0.4, -0.2) is 46.8 Å². The zero-order chi connectivity index (χ0) is 14.2. The standard InChI is InChI=1S/C15H24N4O/c1-12-9-13(18(2)17-12)14(20)19-8-4-6-15(11-19)5-3-7-16-10-15/h9,16H,3-8,10-11H2,1-2H3. The van der Waals surface area contributed by atoms with Crippen LogP contribution in [0, 0.1) is 12.3 Å². The van der Waals surface area contributed by atoms with Crippen molar-refractivity contribution in [3.63, 3.8) is 0 Å². The van der Waals surface area contributed by atoms with Gasteiger partial charge in [0.15, 0.2) is 0 Å². The molecule has 5 heteroatoms. The van der Waals surface area contributed by atoms with Crippen molar-refractivity contribution in [2.45, 2.75) is 32.6 Å². The number of hydrogen-bond donors (Lipinski definition) is 1. The Morgan fingerprint density at radius 1 is 1.40 bits per heavy atom. The quantitative estimate of drug-likeness (QED) is 0.842. The molecule has 0 aliphatic carbocycles. The van der Waals surface area contributed by atoms with E-state index in [0.29, 0.717) is 11.1 Å². The zero-order valence-electron chi connectivity index (χ0n) is 12.5. The number of carbonyl (C=O) groups is 1. The SMILES string of the molecule is Cc1cc(C(=O)N2CCCC3(CCCNC3)C2)n(C)n1. The number of likely N-dealkylation sites (tertiary alicyclic amines) is 1. The lowest BCUT2D eigenvalue weighted by Crippen LogP contribution is -2.52. The summed E-state index contributed by atoms with van der Waals surface area (Å²) >= 11 is 0. The van der Waals surface area contributed by atoms with Gasteiger partial charge in [0.1, 0.15) is 5.69 Å². The summed E-state index contributed by atoms with van der Waals surface area (Å²) in [6.45, 7) is 5.88. The summed E-state index contributed by atoms with van der Waals surface area (Å²) < 4.78 is 1.71. The summed E-state index contributed by atoms with van der Waals surface area (Å²) in [5.41, 5.74) is 1.92. The van der Waals surface area contributed by atoms with Crippen molar-refractivity contribution < 1.29 is 4.79 Å². The topological polar surface area (TPSA) is 50.2 Å². The number of hydrogen-bond acceptors (Lipinski definition) is 3. The highest BCUT2D eigenvalue weighted by molar-refractivity contribution is 5.92. The van der Waals surface area contributed by atoms with Crippen LogP contribution in [-0.2, 0) is 7.05 Å². The number of nitrogens with zero attached hydrogens (tertiary/aromatic N) is 3. The van der Waals surface area contributed by atoms with E-state index in [2.05, 4.69) is 10.4 Å². The number of amides is 1. The highest BCUT2D eigenvalue weighted by atomic mass is 16.2. The van der Waals surface area contributed by atoms with Crippen molar-refractivity contribution in [1.82, 2.24) is 20.0 Å². The van der Waals surface area contributed by atoms with Crippen molar-refractivity contribution in [2.75, 3.05) is 26.2 Å². The Morgan fingerprint density at radius 2 is 2.20 bits per heavy atom. The van der Waals surface area contributed by atoms with Gasteiger partial charge in [0, 0.05) is 32.1 Å². The van der Waals surface area contributed by atoms with E-state index in [4.69, 9.17) is 0 Å². The van der Waals surface area contributed by atoms with Gasteiger partial charge in [-0.25, -0.2) is 0 Å². The van der Waals surface area contributed by atoms with Crippen LogP contribution in [0.5, 0.6) is 0 Å². The molecule has 2 fully saturated rings. The molecule has 5 nitrogen and oxygen atoms in total. The van der Waals surface area contributed by atoms with Gasteiger partial charge in [-0.1, -0.05) is 0 Å². The second-order valence-corrected chi connectivity index (χ2v) is 6.41. The number of aromatic nitrogens is 2. The van der Waals surface area contributed by atoms with E-state index in [1.165, 1.54) is 19.3 Å². The second-order valence-electron chi connectivity index (χ2n) is 6.41. The molecule has 3 heterocycles. The summed E-state index contributed by atoms with van der Waals surface area (Å²) in [7, 11) is 1.85. The van der Waals surface area contributed by atoms with Gasteiger partial charge in [0.05, 0.1) is 5.69 Å². The molecule has 0 aromatic carbocycles. The van der Waals surface area contributed by atoms with E-state index < -0.39 is 0 Å². The molecule has 2 aliphatic rings. The van der Waals surface area contributed by atoms with E-state index >= 15 is 0 Å². The first-order chi connectivity index (χ1) is 9.60. The summed E-state index contributed by atoms with van der Waals surface area (Å²) in [4.78, 5) is 14.7. The van der Waals surface area contributed by atoms with Gasteiger partial charge in [-0.3, -0.25) is 9.48 Å². The lowest BCUT2D eigenvalue weighted by atomic mass is 9.74. The molecule has 2 aliphatic heterocycles. The maximum atomic E-state index is 12.7. The third-order valence-corrected chi connectivity index (χ3v) is 4.73. The Kier molecular flexibility index (Phi) is 3.54. The Labute approximate surface area is 120 Å². The van der Waals surface area contributed by atoms with Crippen LogP contribution in [0.25, 0.3) is 0 Å². The molecule has 1 amide bonds. The largest absolute Gasteiger partial charge is 0.337 e. The van der Waals surface area contributed by atoms with Gasteiger partial charge in [-0.15, -0.1) is 0 Å². The molecule has 1 spiro atoms. The van der Waals surface area contributed by atoms with Gasteiger partial charge in [-0.2, -0.15) is 5.10 Å². The van der Waals surface area contributed by atoms with Gasteiger partial charge >= 0.3 is 0 Å². The van der Waals surface area contributed by atoms with Gasteiger partial charge in [-0.05, 0) is 45.2 Å². The molecule has 110 valence electrons. The van der Waals surface area contributed by atoms with E-state index in [0.717, 1.165) is 38.3 Å². The van der Waals surface area contributed by atoms with Crippen LogP contribution in [0.3, 0.4) is 0 Å². The Bertz CT molecular complexity index is 496. The normalized spacial score (nSPS) is 27.0. The van der Waals surface area contributed by atoms with Gasteiger partial charge in [0.2, 0.25) is 0 Å². The fourth-order valence-corrected chi connectivity index (χ4v) is 3.73. The van der Waals surface area contributed by atoms with Crippen LogP contribution in [0.4, 0.5) is 0 Å². The third kappa shape index (κ3) is 2.46. The predicted octanol–water partition coefficient (Wildman–Crippen LogP) is 1.33. The molecular weight excluding hydrogens is 252 g/mol. The minimum Gasteiger partial charge on any atom is -0.337 e. The average molecular weight is 276 g/mol. The third-order valence-electron chi connectivity index (χ3n) is 4.73. The van der Waals surface area contributed by atoms with E-state index in [9.17, 15) is 4.79 Å². The fraction of sp³-hybridized carbons (Fsp3) is 0.733. The number of nitrogens with one attached hydrogen (secondary N) is 1. The molecule has 1 aromatic heterocycles. The molecule has 20 heavy (non-hydrogen) atoms. The van der Waals surface area contributed by atoms with Crippen molar-refractivity contribution in [3.8, 4) is 0 Å². The number of piperidine rings is 2. The fourth-order valence-electron chi connectivity index (χ4n) is 3.73. The number of rotatable bonds is 1. The van der Waals surface area contributed by atoms with Crippen LogP contribution < -0.4 is 5.32 Å². The van der Waals surface area contributed by atoms with Crippen LogP contribution in [0.15, 0.2) is 6.07 Å². The molecule has 3 rings (SSSR count). The second kappa shape index (κ2) is 5.20. The molecule has 0 saturated carbocycles. The summed E-state index contributed by atoms with van der Waals surface area (Å²) in [6.07, 6.45) is 4.83. The van der Waals surface area contributed by atoms with E-state index in [1.807, 2.05) is 24.9 Å². The monoisotopic (exact) mass is 276 g/mol. The highest BCUT2D eigenvalue weighted by Gasteiger charge is 2.38. The molecule has 1 unspecified atom stereocenters. The molecule has 0 radical (unpaired) electrons. The predicted molar refractivity (Wildman–Crippen MR) is 77.6 cm³/mol. The van der Waals surface area contributed by atoms with Crippen molar-refractivity contribution in [2.24, 2.45) is 12.5 Å². The summed E-state index contributed by atoms with van der Waals surface area (Å²) in [5, 5.41) is 7.79. The van der Waals surface area contributed by atoms with E-state index in [-0.39, 0.29) is 5.91 Å². The number of carbonyl (C=O) groups excluding carboxylic acids is 1. The molecule has 1 N–H and O–H groups in total. The maximum Gasteiger partial charge on any atom is 0.272 e. The van der Waals surface area contributed by atoms with Crippen LogP contribution in [0.2, 0.25) is 0 Å². The molecular formula is C15H24N4O. The maximum absolute atomic E-state index is 12.7. The molecule has 0 bridgehead atoms. The Balaban J connectivity index is 1.76. The first-order valence-electron chi connectivity index (χ1n) is 7.60. The van der Waals surface area contributed by atoms with Crippen molar-refractivity contribution >= 4 is 5.91 Å². The van der Waals surface area contributed by atoms with Crippen molar-refractivity contribution in [1.29, 1.82) is 0 Å². The van der Waals surface area contributed by atoms with E-state index in [1.54, 1.807) is 4.68 Å². The minimum atomic E-state index is 0.137. The Hall–Kier alpha value is -1.36. The van der Waals surface area contributed by atoms with Gasteiger partial charge < -0.3 is 10.2 Å².